The number of anilines is 3. The van der Waals surface area contributed by atoms with Crippen LogP contribution in [0.15, 0.2) is 42.5 Å². The average molecular weight is 309 g/mol. The van der Waals surface area contributed by atoms with E-state index in [1.807, 2.05) is 0 Å². The largest absolute Gasteiger partial charge is 0.450 e. The fourth-order valence-corrected chi connectivity index (χ4v) is 1.87. The molecule has 6 heteroatoms. The van der Waals surface area contributed by atoms with E-state index in [0.29, 0.717) is 22.1 Å². The van der Waals surface area contributed by atoms with Crippen molar-refractivity contribution in [3.05, 3.63) is 53.3 Å². The lowest BCUT2D eigenvalue weighted by atomic mass is 10.2. The Hall–Kier alpha value is -2.27. The maximum atomic E-state index is 12.9. The first-order valence-corrected chi connectivity index (χ1v) is 6.72. The molecule has 4 nitrogen and oxygen atoms in total. The van der Waals surface area contributed by atoms with E-state index in [0.717, 1.165) is 0 Å². The standard InChI is InChI=1S/C15H14ClFN2O2/c1-2-21-15(20)19-13-8-3-10(16)9-14(13)18-12-6-4-11(17)5-7-12/h3-9,18H,2H2,1H3,(H,19,20). The van der Waals surface area contributed by atoms with Gasteiger partial charge < -0.3 is 10.1 Å². The van der Waals surface area contributed by atoms with E-state index in [-0.39, 0.29) is 12.4 Å². The fraction of sp³-hybridized carbons (Fsp3) is 0.133. The lowest BCUT2D eigenvalue weighted by molar-refractivity contribution is 0.168. The number of ether oxygens (including phenoxy) is 1. The van der Waals surface area contributed by atoms with Gasteiger partial charge in [-0.1, -0.05) is 11.6 Å². The molecule has 110 valence electrons. The van der Waals surface area contributed by atoms with Crippen LogP contribution in [0.25, 0.3) is 0 Å². The minimum atomic E-state index is -0.554. The molecule has 0 aromatic heterocycles. The zero-order chi connectivity index (χ0) is 15.2. The van der Waals surface area contributed by atoms with Crippen molar-refractivity contribution in [2.24, 2.45) is 0 Å². The summed E-state index contributed by atoms with van der Waals surface area (Å²) in [5.41, 5.74) is 1.77. The van der Waals surface area contributed by atoms with Crippen LogP contribution in [0.2, 0.25) is 5.02 Å². The third-order valence-corrected chi connectivity index (χ3v) is 2.85. The maximum Gasteiger partial charge on any atom is 0.411 e. The van der Waals surface area contributed by atoms with Gasteiger partial charge in [0.2, 0.25) is 0 Å². The number of hydrogen-bond donors (Lipinski definition) is 2. The molecule has 2 aromatic carbocycles. The number of carbonyl (C=O) groups excluding carboxylic acids is 1. The Balaban J connectivity index is 2.22. The summed E-state index contributed by atoms with van der Waals surface area (Å²) in [6, 6.07) is 10.8. The summed E-state index contributed by atoms with van der Waals surface area (Å²) >= 11 is 5.96. The Labute approximate surface area is 126 Å². The van der Waals surface area contributed by atoms with Gasteiger partial charge in [0.15, 0.2) is 0 Å². The van der Waals surface area contributed by atoms with Crippen LogP contribution >= 0.6 is 11.6 Å². The first-order valence-electron chi connectivity index (χ1n) is 6.34. The second-order valence-electron chi connectivity index (χ2n) is 4.17. The number of rotatable bonds is 4. The number of halogens is 2. The number of hydrogen-bond acceptors (Lipinski definition) is 3. The highest BCUT2D eigenvalue weighted by atomic mass is 35.5. The topological polar surface area (TPSA) is 50.4 Å². The molecular weight excluding hydrogens is 295 g/mol. The molecule has 0 spiro atoms. The highest BCUT2D eigenvalue weighted by Crippen LogP contribution is 2.29. The van der Waals surface area contributed by atoms with Crippen molar-refractivity contribution in [2.75, 3.05) is 17.2 Å². The normalized spacial score (nSPS) is 10.0. The fourth-order valence-electron chi connectivity index (χ4n) is 1.69. The molecule has 0 aliphatic heterocycles. The van der Waals surface area contributed by atoms with Gasteiger partial charge in [-0.05, 0) is 49.4 Å². The average Bonchev–Trinajstić information content (AvgIpc) is 2.45. The highest BCUT2D eigenvalue weighted by molar-refractivity contribution is 6.31. The second-order valence-corrected chi connectivity index (χ2v) is 4.60. The Morgan fingerprint density at radius 3 is 2.57 bits per heavy atom. The molecule has 0 fully saturated rings. The minimum Gasteiger partial charge on any atom is -0.450 e. The van der Waals surface area contributed by atoms with Crippen molar-refractivity contribution in [2.45, 2.75) is 6.92 Å². The lowest BCUT2D eigenvalue weighted by Crippen LogP contribution is -2.14. The van der Waals surface area contributed by atoms with Crippen molar-refractivity contribution < 1.29 is 13.9 Å². The van der Waals surface area contributed by atoms with Gasteiger partial charge in [0.05, 0.1) is 18.0 Å². The molecular formula is C15H14ClFN2O2. The predicted octanol–water partition coefficient (Wildman–Crippen LogP) is 4.79. The van der Waals surface area contributed by atoms with E-state index in [9.17, 15) is 9.18 Å². The first kappa shape index (κ1) is 15.1. The Kier molecular flexibility index (Phi) is 5.00. The summed E-state index contributed by atoms with van der Waals surface area (Å²) in [7, 11) is 0. The van der Waals surface area contributed by atoms with Gasteiger partial charge in [0, 0.05) is 10.7 Å². The quantitative estimate of drug-likeness (QED) is 0.853. The SMILES string of the molecule is CCOC(=O)Nc1ccc(Cl)cc1Nc1ccc(F)cc1. The molecule has 0 unspecified atom stereocenters. The molecule has 0 atom stereocenters. The summed E-state index contributed by atoms with van der Waals surface area (Å²) in [5, 5.41) is 6.19. The van der Waals surface area contributed by atoms with Gasteiger partial charge in [-0.3, -0.25) is 5.32 Å². The molecule has 2 rings (SSSR count). The van der Waals surface area contributed by atoms with E-state index in [1.54, 1.807) is 37.3 Å². The van der Waals surface area contributed by atoms with Gasteiger partial charge in [-0.15, -0.1) is 0 Å². The monoisotopic (exact) mass is 308 g/mol. The van der Waals surface area contributed by atoms with Crippen LogP contribution in [-0.2, 0) is 4.74 Å². The summed E-state index contributed by atoms with van der Waals surface area (Å²) in [4.78, 5) is 11.5. The molecule has 0 aliphatic carbocycles. The summed E-state index contributed by atoms with van der Waals surface area (Å²) < 4.78 is 17.7. The molecule has 21 heavy (non-hydrogen) atoms. The molecule has 1 amide bonds. The number of nitrogens with one attached hydrogen (secondary N) is 2. The van der Waals surface area contributed by atoms with Crippen LogP contribution in [0.4, 0.5) is 26.2 Å². The smallest absolute Gasteiger partial charge is 0.411 e. The van der Waals surface area contributed by atoms with Gasteiger partial charge in [0.1, 0.15) is 5.82 Å². The number of amides is 1. The molecule has 0 heterocycles. The van der Waals surface area contributed by atoms with Crippen molar-refractivity contribution in [3.63, 3.8) is 0 Å². The van der Waals surface area contributed by atoms with Gasteiger partial charge in [0.25, 0.3) is 0 Å². The molecule has 0 saturated carbocycles. The summed E-state index contributed by atoms with van der Waals surface area (Å²) in [6.45, 7) is 2.00. The Bertz CT molecular complexity index is 632. The van der Waals surface area contributed by atoms with E-state index >= 15 is 0 Å². The second kappa shape index (κ2) is 6.95. The molecule has 2 N–H and O–H groups in total. The zero-order valence-corrected chi connectivity index (χ0v) is 12.1. The van der Waals surface area contributed by atoms with Crippen molar-refractivity contribution >= 4 is 34.8 Å². The number of carbonyl (C=O) groups is 1. The van der Waals surface area contributed by atoms with Crippen molar-refractivity contribution in [1.29, 1.82) is 0 Å². The van der Waals surface area contributed by atoms with Gasteiger partial charge in [-0.25, -0.2) is 9.18 Å². The third kappa shape index (κ3) is 4.36. The predicted molar refractivity (Wildman–Crippen MR) is 81.8 cm³/mol. The van der Waals surface area contributed by atoms with Crippen LogP contribution in [-0.4, -0.2) is 12.7 Å². The van der Waals surface area contributed by atoms with Crippen molar-refractivity contribution in [1.82, 2.24) is 0 Å². The summed E-state index contributed by atoms with van der Waals surface area (Å²) in [6.07, 6.45) is -0.554. The van der Waals surface area contributed by atoms with E-state index in [4.69, 9.17) is 16.3 Å². The van der Waals surface area contributed by atoms with Crippen LogP contribution in [0.5, 0.6) is 0 Å². The molecule has 0 radical (unpaired) electrons. The Morgan fingerprint density at radius 2 is 1.90 bits per heavy atom. The molecule has 0 aliphatic rings. The minimum absolute atomic E-state index is 0.278. The van der Waals surface area contributed by atoms with Crippen molar-refractivity contribution in [3.8, 4) is 0 Å². The van der Waals surface area contributed by atoms with Crippen LogP contribution < -0.4 is 10.6 Å². The van der Waals surface area contributed by atoms with Crippen LogP contribution in [0.1, 0.15) is 6.92 Å². The van der Waals surface area contributed by atoms with E-state index in [2.05, 4.69) is 10.6 Å². The summed E-state index contributed by atoms with van der Waals surface area (Å²) in [5.74, 6) is -0.323. The first-order chi connectivity index (χ1) is 10.1. The van der Waals surface area contributed by atoms with E-state index < -0.39 is 6.09 Å². The maximum absolute atomic E-state index is 12.9. The van der Waals surface area contributed by atoms with Gasteiger partial charge in [-0.2, -0.15) is 0 Å². The van der Waals surface area contributed by atoms with Crippen LogP contribution in [0.3, 0.4) is 0 Å². The number of benzene rings is 2. The molecule has 0 bridgehead atoms. The molecule has 0 saturated heterocycles. The highest BCUT2D eigenvalue weighted by Gasteiger charge is 2.08. The van der Waals surface area contributed by atoms with Gasteiger partial charge >= 0.3 is 6.09 Å². The third-order valence-electron chi connectivity index (χ3n) is 2.62. The molecule has 2 aromatic rings. The van der Waals surface area contributed by atoms with E-state index in [1.165, 1.54) is 12.1 Å². The van der Waals surface area contributed by atoms with Crippen LogP contribution in [0, 0.1) is 5.82 Å². The lowest BCUT2D eigenvalue weighted by Gasteiger charge is -2.13. The zero-order valence-electron chi connectivity index (χ0n) is 11.3. The Morgan fingerprint density at radius 1 is 1.19 bits per heavy atom.